The highest BCUT2D eigenvalue weighted by Gasteiger charge is 2.27. The number of carbonyl (C=O) groups is 1. The van der Waals surface area contributed by atoms with Gasteiger partial charge >= 0.3 is 0 Å². The summed E-state index contributed by atoms with van der Waals surface area (Å²) in [6.45, 7) is 1.89. The molecule has 1 aromatic carbocycles. The predicted octanol–water partition coefficient (Wildman–Crippen LogP) is 3.11. The average Bonchev–Trinajstić information content (AvgIpc) is 2.76. The van der Waals surface area contributed by atoms with E-state index in [0.29, 0.717) is 16.2 Å². The van der Waals surface area contributed by atoms with E-state index < -0.39 is 5.91 Å². The van der Waals surface area contributed by atoms with Gasteiger partial charge in [0.1, 0.15) is 17.7 Å². The number of carbonyl (C=O) groups excluding carboxylic acids is 1. The van der Waals surface area contributed by atoms with Crippen molar-refractivity contribution in [3.05, 3.63) is 40.5 Å². The van der Waals surface area contributed by atoms with Crippen LogP contribution in [-0.2, 0) is 0 Å². The molecule has 0 spiro atoms. The smallest absolute Gasteiger partial charge is 0.258 e. The third kappa shape index (κ3) is 1.59. The zero-order valence-corrected chi connectivity index (χ0v) is 10.4. The Hall–Kier alpha value is -1.88. The Morgan fingerprint density at radius 3 is 2.94 bits per heavy atom. The quantitative estimate of drug-likeness (QED) is 0.859. The summed E-state index contributed by atoms with van der Waals surface area (Å²) in [5.41, 5.74) is 6.84. The Kier molecular flexibility index (Phi) is 2.38. The summed E-state index contributed by atoms with van der Waals surface area (Å²) < 4.78 is 19.0. The fraction of sp³-hybridized carbons (Fsp3) is 0.154. The van der Waals surface area contributed by atoms with Crippen molar-refractivity contribution in [2.24, 2.45) is 5.73 Å². The Bertz CT molecular complexity index is 650. The molecule has 92 valence electrons. The molecular weight excluding hydrogens is 253 g/mol. The van der Waals surface area contributed by atoms with Crippen molar-refractivity contribution in [3.8, 4) is 16.2 Å². The highest BCUT2D eigenvalue weighted by atomic mass is 32.1. The summed E-state index contributed by atoms with van der Waals surface area (Å²) >= 11 is 1.28. The van der Waals surface area contributed by atoms with Crippen molar-refractivity contribution >= 4 is 17.2 Å². The third-order valence-corrected chi connectivity index (χ3v) is 4.13. The molecule has 1 amide bonds. The number of amides is 1. The van der Waals surface area contributed by atoms with Gasteiger partial charge < -0.3 is 10.5 Å². The summed E-state index contributed by atoms with van der Waals surface area (Å²) in [5.74, 6) is -0.166. The molecule has 2 heterocycles. The molecule has 0 bridgehead atoms. The van der Waals surface area contributed by atoms with E-state index in [1.54, 1.807) is 12.1 Å². The minimum Gasteiger partial charge on any atom is -0.485 e. The summed E-state index contributed by atoms with van der Waals surface area (Å²) in [5, 5.41) is 0. The van der Waals surface area contributed by atoms with Crippen molar-refractivity contribution in [2.45, 2.75) is 13.0 Å². The third-order valence-electron chi connectivity index (χ3n) is 2.93. The van der Waals surface area contributed by atoms with Gasteiger partial charge in [0.25, 0.3) is 5.91 Å². The number of ether oxygens (including phenoxy) is 1. The van der Waals surface area contributed by atoms with Crippen molar-refractivity contribution in [2.75, 3.05) is 0 Å². The average molecular weight is 263 g/mol. The molecule has 3 nitrogen and oxygen atoms in total. The van der Waals surface area contributed by atoms with E-state index in [1.165, 1.54) is 23.5 Å². The molecule has 0 aliphatic carbocycles. The van der Waals surface area contributed by atoms with Gasteiger partial charge in [-0.3, -0.25) is 4.79 Å². The van der Waals surface area contributed by atoms with Crippen LogP contribution in [0.2, 0.25) is 0 Å². The van der Waals surface area contributed by atoms with Crippen molar-refractivity contribution in [3.63, 3.8) is 0 Å². The molecular formula is C13H10FNO2S. The van der Waals surface area contributed by atoms with Crippen LogP contribution < -0.4 is 10.5 Å². The van der Waals surface area contributed by atoms with E-state index >= 15 is 0 Å². The molecule has 1 aliphatic heterocycles. The number of rotatable bonds is 1. The lowest BCUT2D eigenvalue weighted by molar-refractivity contribution is 0.100. The predicted molar refractivity (Wildman–Crippen MR) is 67.3 cm³/mol. The Morgan fingerprint density at radius 1 is 1.44 bits per heavy atom. The van der Waals surface area contributed by atoms with Crippen LogP contribution in [0.1, 0.15) is 28.3 Å². The highest BCUT2D eigenvalue weighted by Crippen LogP contribution is 2.46. The SMILES string of the molecule is CC1Oc2ccc(F)cc2-c2sc(C(N)=O)cc21. The van der Waals surface area contributed by atoms with Gasteiger partial charge in [0.05, 0.1) is 4.88 Å². The van der Waals surface area contributed by atoms with E-state index in [1.807, 2.05) is 6.92 Å². The van der Waals surface area contributed by atoms with Gasteiger partial charge in [-0.1, -0.05) is 0 Å². The summed E-state index contributed by atoms with van der Waals surface area (Å²) in [6, 6.07) is 6.11. The molecule has 1 aliphatic rings. The van der Waals surface area contributed by atoms with Crippen LogP contribution in [0.15, 0.2) is 24.3 Å². The first-order valence-electron chi connectivity index (χ1n) is 5.46. The second-order valence-corrected chi connectivity index (χ2v) is 5.21. The largest absolute Gasteiger partial charge is 0.485 e. The number of halogens is 1. The summed E-state index contributed by atoms with van der Waals surface area (Å²) in [7, 11) is 0. The summed E-state index contributed by atoms with van der Waals surface area (Å²) in [6.07, 6.45) is -0.165. The van der Waals surface area contributed by atoms with E-state index in [-0.39, 0.29) is 11.9 Å². The first kappa shape index (κ1) is 11.2. The molecule has 0 saturated heterocycles. The minimum atomic E-state index is -0.473. The van der Waals surface area contributed by atoms with Crippen molar-refractivity contribution < 1.29 is 13.9 Å². The zero-order valence-electron chi connectivity index (χ0n) is 9.57. The molecule has 0 radical (unpaired) electrons. The molecule has 2 aromatic rings. The van der Waals surface area contributed by atoms with Gasteiger partial charge in [0, 0.05) is 16.0 Å². The Labute approximate surface area is 107 Å². The van der Waals surface area contributed by atoms with E-state index in [0.717, 1.165) is 10.4 Å². The van der Waals surface area contributed by atoms with Gasteiger partial charge in [-0.15, -0.1) is 11.3 Å². The number of benzene rings is 1. The number of nitrogens with two attached hydrogens (primary N) is 1. The zero-order chi connectivity index (χ0) is 12.9. The Morgan fingerprint density at radius 2 is 2.22 bits per heavy atom. The molecule has 1 atom stereocenters. The number of thiophene rings is 1. The monoisotopic (exact) mass is 263 g/mol. The minimum absolute atomic E-state index is 0.165. The molecule has 3 rings (SSSR count). The fourth-order valence-electron chi connectivity index (χ4n) is 2.08. The van der Waals surface area contributed by atoms with Crippen LogP contribution in [0.5, 0.6) is 5.75 Å². The molecule has 0 fully saturated rings. The van der Waals surface area contributed by atoms with Gasteiger partial charge in [-0.05, 0) is 31.2 Å². The molecule has 2 N–H and O–H groups in total. The fourth-order valence-corrected chi connectivity index (χ4v) is 3.19. The van der Waals surface area contributed by atoms with Crippen LogP contribution in [0.25, 0.3) is 10.4 Å². The van der Waals surface area contributed by atoms with Crippen LogP contribution in [0.4, 0.5) is 4.39 Å². The van der Waals surface area contributed by atoms with Crippen LogP contribution in [0.3, 0.4) is 0 Å². The highest BCUT2D eigenvalue weighted by molar-refractivity contribution is 7.17. The lowest BCUT2D eigenvalue weighted by atomic mass is 10.0. The number of fused-ring (bicyclic) bond motifs is 3. The topological polar surface area (TPSA) is 52.3 Å². The molecule has 1 aromatic heterocycles. The first-order valence-corrected chi connectivity index (χ1v) is 6.28. The maximum Gasteiger partial charge on any atom is 0.258 e. The lowest BCUT2D eigenvalue weighted by Crippen LogP contribution is -2.10. The summed E-state index contributed by atoms with van der Waals surface area (Å²) in [4.78, 5) is 12.5. The van der Waals surface area contributed by atoms with Crippen molar-refractivity contribution in [1.82, 2.24) is 0 Å². The van der Waals surface area contributed by atoms with Gasteiger partial charge in [-0.25, -0.2) is 4.39 Å². The second kappa shape index (κ2) is 3.81. The second-order valence-electron chi connectivity index (χ2n) is 4.16. The number of hydrogen-bond donors (Lipinski definition) is 1. The standard InChI is InChI=1S/C13H10FNO2S/c1-6-8-5-11(13(15)16)18-12(8)9-4-7(14)2-3-10(9)17-6/h2-6H,1H3,(H2,15,16). The lowest BCUT2D eigenvalue weighted by Gasteiger charge is -2.23. The van der Waals surface area contributed by atoms with Gasteiger partial charge in [0.2, 0.25) is 0 Å². The van der Waals surface area contributed by atoms with Crippen LogP contribution in [-0.4, -0.2) is 5.91 Å². The van der Waals surface area contributed by atoms with Gasteiger partial charge in [-0.2, -0.15) is 0 Å². The van der Waals surface area contributed by atoms with Crippen LogP contribution >= 0.6 is 11.3 Å². The molecule has 0 saturated carbocycles. The Balaban J connectivity index is 2.24. The normalized spacial score (nSPS) is 16.7. The first-order chi connectivity index (χ1) is 8.56. The van der Waals surface area contributed by atoms with E-state index in [2.05, 4.69) is 0 Å². The van der Waals surface area contributed by atoms with Crippen LogP contribution in [0, 0.1) is 5.82 Å². The van der Waals surface area contributed by atoms with Gasteiger partial charge in [0.15, 0.2) is 0 Å². The van der Waals surface area contributed by atoms with Crippen molar-refractivity contribution in [1.29, 1.82) is 0 Å². The molecule has 5 heteroatoms. The van der Waals surface area contributed by atoms with E-state index in [9.17, 15) is 9.18 Å². The maximum atomic E-state index is 13.3. The molecule has 1 unspecified atom stereocenters. The maximum absolute atomic E-state index is 13.3. The number of hydrogen-bond acceptors (Lipinski definition) is 3. The number of primary amides is 1. The molecule has 18 heavy (non-hydrogen) atoms. The van der Waals surface area contributed by atoms with E-state index in [4.69, 9.17) is 10.5 Å².